The molecule has 1 saturated carbocycles. The number of carbonyl (C=O) groups excluding carboxylic acids is 1. The number of hydrogen-bond acceptors (Lipinski definition) is 2. The van der Waals surface area contributed by atoms with Gasteiger partial charge in [0.15, 0.2) is 0 Å². The summed E-state index contributed by atoms with van der Waals surface area (Å²) in [4.78, 5) is 15.7. The van der Waals surface area contributed by atoms with Gasteiger partial charge in [0, 0.05) is 19.1 Å². The fraction of sp³-hybridized carbons (Fsp3) is 0.889. The minimum absolute atomic E-state index is 0.234. The van der Waals surface area contributed by atoms with E-state index in [2.05, 4.69) is 0 Å². The number of rotatable bonds is 3. The van der Waals surface area contributed by atoms with Gasteiger partial charge in [-0.15, -0.1) is 0 Å². The van der Waals surface area contributed by atoms with Crippen LogP contribution in [0.3, 0.4) is 0 Å². The summed E-state index contributed by atoms with van der Waals surface area (Å²) in [5.41, 5.74) is 0. The van der Waals surface area contributed by atoms with E-state index in [9.17, 15) is 4.79 Å². The largest absolute Gasteiger partial charge is 0.371 e. The van der Waals surface area contributed by atoms with Crippen LogP contribution in [-0.4, -0.2) is 54.2 Å². The molecule has 2 saturated heterocycles. The molecule has 3 rings (SSSR count). The number of nitrogens with zero attached hydrogens (tertiary/aromatic N) is 2. The maximum Gasteiger partial charge on any atom is 0.320 e. The van der Waals surface area contributed by atoms with Crippen molar-refractivity contribution in [1.82, 2.24) is 9.80 Å². The highest BCUT2D eigenvalue weighted by molar-refractivity contribution is 5.77. The summed E-state index contributed by atoms with van der Waals surface area (Å²) in [6, 6.07) is 0.802. The molecule has 4 heteroatoms. The molecular formula is C9H14N2O2. The predicted octanol–water partition coefficient (Wildman–Crippen LogP) is 0.285. The first-order valence-corrected chi connectivity index (χ1v) is 5.02. The summed E-state index contributed by atoms with van der Waals surface area (Å²) < 4.78 is 5.12. The molecule has 13 heavy (non-hydrogen) atoms. The fourth-order valence-corrected chi connectivity index (χ4v) is 1.91. The van der Waals surface area contributed by atoms with Gasteiger partial charge in [0.25, 0.3) is 0 Å². The molecule has 0 aromatic heterocycles. The molecule has 0 aromatic carbocycles. The minimum Gasteiger partial charge on any atom is -0.371 e. The number of ether oxygens (including phenoxy) is 1. The molecular weight excluding hydrogens is 168 g/mol. The summed E-state index contributed by atoms with van der Waals surface area (Å²) in [5, 5.41) is 0. The van der Waals surface area contributed by atoms with E-state index in [4.69, 9.17) is 4.74 Å². The van der Waals surface area contributed by atoms with Crippen LogP contribution in [0.15, 0.2) is 0 Å². The quantitative estimate of drug-likeness (QED) is 0.588. The SMILES string of the molecule is O=C1N(CC2CO2)CCN1C1CC1. The highest BCUT2D eigenvalue weighted by atomic mass is 16.6. The van der Waals surface area contributed by atoms with Gasteiger partial charge < -0.3 is 14.5 Å². The van der Waals surface area contributed by atoms with Crippen LogP contribution in [0.5, 0.6) is 0 Å². The highest BCUT2D eigenvalue weighted by Crippen LogP contribution is 2.30. The van der Waals surface area contributed by atoms with Crippen LogP contribution in [0.1, 0.15) is 12.8 Å². The molecule has 2 heterocycles. The van der Waals surface area contributed by atoms with Crippen molar-refractivity contribution in [1.29, 1.82) is 0 Å². The lowest BCUT2D eigenvalue weighted by molar-refractivity contribution is 0.186. The van der Waals surface area contributed by atoms with Crippen LogP contribution < -0.4 is 0 Å². The van der Waals surface area contributed by atoms with E-state index in [0.29, 0.717) is 12.1 Å². The molecule has 0 spiro atoms. The lowest BCUT2D eigenvalue weighted by Crippen LogP contribution is -2.35. The first-order valence-electron chi connectivity index (χ1n) is 5.02. The zero-order valence-electron chi connectivity index (χ0n) is 7.61. The van der Waals surface area contributed by atoms with Gasteiger partial charge in [-0.25, -0.2) is 4.79 Å². The van der Waals surface area contributed by atoms with E-state index >= 15 is 0 Å². The topological polar surface area (TPSA) is 36.1 Å². The Balaban J connectivity index is 1.60. The number of carbonyl (C=O) groups is 1. The predicted molar refractivity (Wildman–Crippen MR) is 46.4 cm³/mol. The van der Waals surface area contributed by atoms with Crippen LogP contribution >= 0.6 is 0 Å². The Morgan fingerprint density at radius 3 is 2.77 bits per heavy atom. The van der Waals surface area contributed by atoms with Gasteiger partial charge in [0.1, 0.15) is 0 Å². The molecule has 1 unspecified atom stereocenters. The lowest BCUT2D eigenvalue weighted by Gasteiger charge is -2.16. The molecule has 1 atom stereocenters. The van der Waals surface area contributed by atoms with Crippen molar-refractivity contribution >= 4 is 6.03 Å². The van der Waals surface area contributed by atoms with Crippen molar-refractivity contribution < 1.29 is 9.53 Å². The number of hydrogen-bond donors (Lipinski definition) is 0. The third-order valence-corrected chi connectivity index (χ3v) is 2.94. The normalized spacial score (nSPS) is 32.9. The average Bonchev–Trinajstić information content (AvgIpc) is 2.97. The summed E-state index contributed by atoms with van der Waals surface area (Å²) in [6.45, 7) is 3.47. The molecule has 0 aromatic rings. The highest BCUT2D eigenvalue weighted by Gasteiger charge is 2.40. The van der Waals surface area contributed by atoms with Crippen molar-refractivity contribution in [3.05, 3.63) is 0 Å². The number of epoxide rings is 1. The molecule has 1 aliphatic carbocycles. The molecule has 0 radical (unpaired) electrons. The van der Waals surface area contributed by atoms with Crippen molar-refractivity contribution in [2.24, 2.45) is 0 Å². The zero-order chi connectivity index (χ0) is 8.84. The van der Waals surface area contributed by atoms with E-state index in [1.807, 2.05) is 9.80 Å². The Hall–Kier alpha value is -0.770. The van der Waals surface area contributed by atoms with Gasteiger partial charge in [-0.3, -0.25) is 0 Å². The van der Waals surface area contributed by atoms with Crippen LogP contribution in [0.2, 0.25) is 0 Å². The minimum atomic E-state index is 0.234. The third-order valence-electron chi connectivity index (χ3n) is 2.94. The molecule has 0 N–H and O–H groups in total. The summed E-state index contributed by atoms with van der Waals surface area (Å²) in [5.74, 6) is 0. The smallest absolute Gasteiger partial charge is 0.320 e. The average molecular weight is 182 g/mol. The van der Waals surface area contributed by atoms with Gasteiger partial charge in [-0.05, 0) is 12.8 Å². The first kappa shape index (κ1) is 7.62. The zero-order valence-corrected chi connectivity index (χ0v) is 7.61. The number of urea groups is 1. The van der Waals surface area contributed by atoms with Gasteiger partial charge in [0.2, 0.25) is 0 Å². The molecule has 4 nitrogen and oxygen atoms in total. The van der Waals surface area contributed by atoms with E-state index in [1.54, 1.807) is 0 Å². The van der Waals surface area contributed by atoms with E-state index in [-0.39, 0.29) is 6.03 Å². The van der Waals surface area contributed by atoms with Gasteiger partial charge >= 0.3 is 6.03 Å². The maximum absolute atomic E-state index is 11.7. The van der Waals surface area contributed by atoms with E-state index < -0.39 is 0 Å². The Bertz CT molecular complexity index is 236. The summed E-state index contributed by atoms with van der Waals surface area (Å²) in [6.07, 6.45) is 2.75. The van der Waals surface area contributed by atoms with Crippen molar-refractivity contribution in [3.8, 4) is 0 Å². The second-order valence-corrected chi connectivity index (χ2v) is 4.11. The van der Waals surface area contributed by atoms with Gasteiger partial charge in [-0.1, -0.05) is 0 Å². The third kappa shape index (κ3) is 1.39. The van der Waals surface area contributed by atoms with Crippen molar-refractivity contribution in [3.63, 3.8) is 0 Å². The molecule has 0 bridgehead atoms. The standard InChI is InChI=1S/C9H14N2O2/c12-9-10(5-8-6-13-8)3-4-11(9)7-1-2-7/h7-8H,1-6H2. The molecule has 72 valence electrons. The maximum atomic E-state index is 11.7. The van der Waals surface area contributed by atoms with Gasteiger partial charge in [-0.2, -0.15) is 0 Å². The van der Waals surface area contributed by atoms with Crippen LogP contribution in [0, 0.1) is 0 Å². The van der Waals surface area contributed by atoms with Crippen molar-refractivity contribution in [2.45, 2.75) is 25.0 Å². The Kier molecular flexibility index (Phi) is 1.53. The monoisotopic (exact) mass is 182 g/mol. The Morgan fingerprint density at radius 2 is 2.15 bits per heavy atom. The molecule has 2 amide bonds. The van der Waals surface area contributed by atoms with E-state index in [0.717, 1.165) is 26.2 Å². The van der Waals surface area contributed by atoms with Crippen LogP contribution in [0.25, 0.3) is 0 Å². The second-order valence-electron chi connectivity index (χ2n) is 4.11. The molecule has 2 aliphatic heterocycles. The summed E-state index contributed by atoms with van der Waals surface area (Å²) in [7, 11) is 0. The van der Waals surface area contributed by atoms with Crippen molar-refractivity contribution in [2.75, 3.05) is 26.2 Å². The number of amides is 2. The molecule has 3 fully saturated rings. The van der Waals surface area contributed by atoms with Crippen LogP contribution in [0.4, 0.5) is 4.79 Å². The Labute approximate surface area is 77.4 Å². The Morgan fingerprint density at radius 1 is 1.38 bits per heavy atom. The fourth-order valence-electron chi connectivity index (χ4n) is 1.91. The lowest BCUT2D eigenvalue weighted by atomic mass is 10.4. The molecule has 3 aliphatic rings. The second kappa shape index (κ2) is 2.61. The van der Waals surface area contributed by atoms with E-state index in [1.165, 1.54) is 12.8 Å². The van der Waals surface area contributed by atoms with Crippen LogP contribution in [-0.2, 0) is 4.74 Å². The summed E-state index contributed by atoms with van der Waals surface area (Å²) >= 11 is 0. The van der Waals surface area contributed by atoms with Gasteiger partial charge in [0.05, 0.1) is 19.3 Å². The first-order chi connectivity index (χ1) is 6.34.